The van der Waals surface area contributed by atoms with Gasteiger partial charge in [-0.05, 0) is 31.2 Å². The van der Waals surface area contributed by atoms with Gasteiger partial charge in [-0.2, -0.15) is 0 Å². The predicted molar refractivity (Wildman–Crippen MR) is 58.5 cm³/mol. The molecule has 1 saturated heterocycles. The van der Waals surface area contributed by atoms with Gasteiger partial charge in [-0.1, -0.05) is 0 Å². The molecule has 3 amide bonds. The van der Waals surface area contributed by atoms with E-state index in [0.29, 0.717) is 12.3 Å². The molecule has 0 aliphatic carbocycles. The molecule has 1 N–H and O–H groups in total. The maximum absolute atomic E-state index is 11.4. The van der Waals surface area contributed by atoms with Gasteiger partial charge in [0.05, 0.1) is 18.8 Å². The number of carbonyl (C=O) groups is 2. The van der Waals surface area contributed by atoms with Gasteiger partial charge in [0.25, 0.3) is 5.91 Å². The van der Waals surface area contributed by atoms with Crippen molar-refractivity contribution in [2.45, 2.75) is 6.92 Å². The van der Waals surface area contributed by atoms with Gasteiger partial charge in [0, 0.05) is 0 Å². The molecule has 0 bridgehead atoms. The molecule has 2 rings (SSSR count). The van der Waals surface area contributed by atoms with Crippen LogP contribution in [0.1, 0.15) is 6.92 Å². The largest absolute Gasteiger partial charge is 0.494 e. The molecule has 1 heterocycles. The van der Waals surface area contributed by atoms with Crippen LogP contribution in [0, 0.1) is 0 Å². The number of hydrogen-bond acceptors (Lipinski definition) is 3. The van der Waals surface area contributed by atoms with E-state index in [1.807, 2.05) is 6.92 Å². The molecule has 0 aromatic heterocycles. The highest BCUT2D eigenvalue weighted by Crippen LogP contribution is 2.21. The van der Waals surface area contributed by atoms with E-state index < -0.39 is 0 Å². The topological polar surface area (TPSA) is 58.6 Å². The highest BCUT2D eigenvalue weighted by molar-refractivity contribution is 6.19. The third-order valence-corrected chi connectivity index (χ3v) is 2.25. The number of hydrogen-bond donors (Lipinski definition) is 1. The summed E-state index contributed by atoms with van der Waals surface area (Å²) < 4.78 is 5.27. The summed E-state index contributed by atoms with van der Waals surface area (Å²) in [4.78, 5) is 23.9. The zero-order valence-electron chi connectivity index (χ0n) is 8.90. The molecular weight excluding hydrogens is 208 g/mol. The molecule has 5 heteroatoms. The van der Waals surface area contributed by atoms with Crippen LogP contribution in [0.3, 0.4) is 0 Å². The Balaban J connectivity index is 2.21. The van der Waals surface area contributed by atoms with E-state index in [1.165, 1.54) is 0 Å². The lowest BCUT2D eigenvalue weighted by atomic mass is 10.3. The van der Waals surface area contributed by atoms with Gasteiger partial charge < -0.3 is 10.1 Å². The van der Waals surface area contributed by atoms with E-state index in [9.17, 15) is 9.59 Å². The number of amides is 3. The number of imide groups is 1. The SMILES string of the molecule is CCOc1ccc(N2C(=O)CNC2=O)cc1. The van der Waals surface area contributed by atoms with E-state index in [0.717, 1.165) is 10.6 Å². The van der Waals surface area contributed by atoms with Crippen molar-refractivity contribution in [3.63, 3.8) is 0 Å². The van der Waals surface area contributed by atoms with Gasteiger partial charge >= 0.3 is 6.03 Å². The quantitative estimate of drug-likeness (QED) is 0.777. The second-order valence-corrected chi connectivity index (χ2v) is 3.31. The van der Waals surface area contributed by atoms with Gasteiger partial charge in [-0.15, -0.1) is 0 Å². The maximum atomic E-state index is 11.4. The Kier molecular flexibility index (Phi) is 2.76. The van der Waals surface area contributed by atoms with Crippen LogP contribution in [0.15, 0.2) is 24.3 Å². The first kappa shape index (κ1) is 10.5. The number of anilines is 1. The third kappa shape index (κ3) is 1.84. The number of benzene rings is 1. The standard InChI is InChI=1S/C11H12N2O3/c1-2-16-9-5-3-8(4-6-9)13-10(14)7-12-11(13)15/h3-6H,2,7H2,1H3,(H,12,15). The zero-order chi connectivity index (χ0) is 11.5. The van der Waals surface area contributed by atoms with Crippen molar-refractivity contribution >= 4 is 17.6 Å². The third-order valence-electron chi connectivity index (χ3n) is 2.25. The van der Waals surface area contributed by atoms with Crippen molar-refractivity contribution in [2.24, 2.45) is 0 Å². The molecule has 1 aromatic carbocycles. The summed E-state index contributed by atoms with van der Waals surface area (Å²) >= 11 is 0. The Morgan fingerprint density at radius 3 is 2.50 bits per heavy atom. The molecule has 0 unspecified atom stereocenters. The molecule has 1 aliphatic heterocycles. The van der Waals surface area contributed by atoms with E-state index in [-0.39, 0.29) is 18.5 Å². The van der Waals surface area contributed by atoms with Crippen molar-refractivity contribution in [1.29, 1.82) is 0 Å². The summed E-state index contributed by atoms with van der Waals surface area (Å²) in [6.07, 6.45) is 0. The van der Waals surface area contributed by atoms with Crippen molar-refractivity contribution < 1.29 is 14.3 Å². The average Bonchev–Trinajstić information content (AvgIpc) is 2.61. The van der Waals surface area contributed by atoms with Gasteiger partial charge in [0.1, 0.15) is 5.75 Å². The Labute approximate surface area is 93.0 Å². The number of nitrogens with one attached hydrogen (secondary N) is 1. The average molecular weight is 220 g/mol. The van der Waals surface area contributed by atoms with Crippen LogP contribution in [-0.2, 0) is 4.79 Å². The van der Waals surface area contributed by atoms with E-state index >= 15 is 0 Å². The Morgan fingerprint density at radius 2 is 2.00 bits per heavy atom. The van der Waals surface area contributed by atoms with Crippen molar-refractivity contribution in [3.8, 4) is 5.75 Å². The summed E-state index contributed by atoms with van der Waals surface area (Å²) in [5.74, 6) is 0.479. The van der Waals surface area contributed by atoms with Crippen molar-refractivity contribution in [2.75, 3.05) is 18.1 Å². The highest BCUT2D eigenvalue weighted by Gasteiger charge is 2.29. The first-order valence-electron chi connectivity index (χ1n) is 5.06. The lowest BCUT2D eigenvalue weighted by Gasteiger charge is -2.12. The second kappa shape index (κ2) is 4.22. The lowest BCUT2D eigenvalue weighted by Crippen LogP contribution is -2.30. The van der Waals surface area contributed by atoms with Crippen LogP contribution in [0.4, 0.5) is 10.5 Å². The summed E-state index contributed by atoms with van der Waals surface area (Å²) in [6, 6.07) is 6.46. The molecular formula is C11H12N2O3. The Hall–Kier alpha value is -2.04. The van der Waals surface area contributed by atoms with Crippen LogP contribution < -0.4 is 15.0 Å². The molecule has 16 heavy (non-hydrogen) atoms. The second-order valence-electron chi connectivity index (χ2n) is 3.31. The Morgan fingerprint density at radius 1 is 1.31 bits per heavy atom. The van der Waals surface area contributed by atoms with Crippen LogP contribution in [0.2, 0.25) is 0 Å². The van der Waals surface area contributed by atoms with Gasteiger partial charge in [0.2, 0.25) is 0 Å². The molecule has 0 saturated carbocycles. The fraction of sp³-hybridized carbons (Fsp3) is 0.273. The fourth-order valence-corrected chi connectivity index (χ4v) is 1.54. The predicted octanol–water partition coefficient (Wildman–Crippen LogP) is 1.14. The first-order chi connectivity index (χ1) is 7.72. The number of carbonyl (C=O) groups excluding carboxylic acids is 2. The molecule has 1 aliphatic rings. The molecule has 84 valence electrons. The molecule has 1 fully saturated rings. The van der Waals surface area contributed by atoms with Crippen LogP contribution >= 0.6 is 0 Å². The number of rotatable bonds is 3. The fourth-order valence-electron chi connectivity index (χ4n) is 1.54. The number of urea groups is 1. The summed E-state index contributed by atoms with van der Waals surface area (Å²) in [5, 5.41) is 2.46. The normalized spacial score (nSPS) is 15.2. The molecule has 5 nitrogen and oxygen atoms in total. The lowest BCUT2D eigenvalue weighted by molar-refractivity contribution is -0.115. The minimum atomic E-state index is -0.380. The summed E-state index contributed by atoms with van der Waals surface area (Å²) in [7, 11) is 0. The van der Waals surface area contributed by atoms with Crippen molar-refractivity contribution in [3.05, 3.63) is 24.3 Å². The van der Waals surface area contributed by atoms with Crippen LogP contribution in [0.5, 0.6) is 5.75 Å². The highest BCUT2D eigenvalue weighted by atomic mass is 16.5. The molecule has 0 spiro atoms. The zero-order valence-corrected chi connectivity index (χ0v) is 8.90. The summed E-state index contributed by atoms with van der Waals surface area (Å²) in [6.45, 7) is 2.54. The minimum absolute atomic E-state index is 0.0616. The van der Waals surface area contributed by atoms with Crippen LogP contribution in [0.25, 0.3) is 0 Å². The molecule has 1 aromatic rings. The first-order valence-corrected chi connectivity index (χ1v) is 5.06. The van der Waals surface area contributed by atoms with Gasteiger partial charge in [-0.3, -0.25) is 4.79 Å². The molecule has 0 atom stereocenters. The minimum Gasteiger partial charge on any atom is -0.494 e. The van der Waals surface area contributed by atoms with Crippen LogP contribution in [-0.4, -0.2) is 25.1 Å². The monoisotopic (exact) mass is 220 g/mol. The smallest absolute Gasteiger partial charge is 0.329 e. The van der Waals surface area contributed by atoms with Gasteiger partial charge in [-0.25, -0.2) is 9.69 Å². The Bertz CT molecular complexity index is 398. The van der Waals surface area contributed by atoms with E-state index in [2.05, 4.69) is 5.32 Å². The van der Waals surface area contributed by atoms with E-state index in [4.69, 9.17) is 4.74 Å². The number of nitrogens with zero attached hydrogens (tertiary/aromatic N) is 1. The number of ether oxygens (including phenoxy) is 1. The summed E-state index contributed by atoms with van der Waals surface area (Å²) in [5.41, 5.74) is 0.559. The maximum Gasteiger partial charge on any atom is 0.329 e. The van der Waals surface area contributed by atoms with Crippen molar-refractivity contribution in [1.82, 2.24) is 5.32 Å². The van der Waals surface area contributed by atoms with E-state index in [1.54, 1.807) is 24.3 Å². The van der Waals surface area contributed by atoms with Gasteiger partial charge in [0.15, 0.2) is 0 Å². The molecule has 0 radical (unpaired) electrons.